The van der Waals surface area contributed by atoms with E-state index in [0.29, 0.717) is 132 Å². The first-order chi connectivity index (χ1) is 57.5. The van der Waals surface area contributed by atoms with Gasteiger partial charge in [0.15, 0.2) is 0 Å². The summed E-state index contributed by atoms with van der Waals surface area (Å²) in [6.45, 7) is 19.3. The van der Waals surface area contributed by atoms with E-state index in [-0.39, 0.29) is 41.8 Å². The second-order valence-corrected chi connectivity index (χ2v) is 33.8. The lowest BCUT2D eigenvalue weighted by atomic mass is 9.98. The molecule has 12 N–H and O–H groups in total. The van der Waals surface area contributed by atoms with Crippen LogP contribution in [0.2, 0.25) is 60.3 Å². The van der Waals surface area contributed by atoms with Crippen molar-refractivity contribution < 1.29 is 28.4 Å². The molecule has 17 rings (SSSR count). The lowest BCUT2D eigenvalue weighted by molar-refractivity contribution is 0.242. The number of fused-ring (bicyclic) bond motifs is 5. The van der Waals surface area contributed by atoms with E-state index >= 15 is 0 Å². The number of anilines is 6. The van der Waals surface area contributed by atoms with Crippen LogP contribution in [0.3, 0.4) is 0 Å². The van der Waals surface area contributed by atoms with Crippen LogP contribution in [-0.2, 0) is 44.9 Å². The van der Waals surface area contributed by atoms with Gasteiger partial charge in [-0.3, -0.25) is 0 Å². The molecule has 5 aliphatic rings. The van der Waals surface area contributed by atoms with Crippen LogP contribution < -0.4 is 62.8 Å². The number of rotatable bonds is 11. The van der Waals surface area contributed by atoms with Crippen molar-refractivity contribution in [2.45, 2.75) is 132 Å². The van der Waals surface area contributed by atoms with Gasteiger partial charge in [-0.15, -0.1) is 0 Å². The minimum atomic E-state index is 0.0127. The number of ether oxygens (including phenoxy) is 6. The SMILES string of the molecule is CC(C)c1cc(-c2c(Cl)cc(Cl)c3c2CCO3)nc(N)n1.COc1cc(-c2nc(N)nc(C)c2C)c(Cl)cc1Cl.COc1cc(-c2nc(N)nc3c2CCC3)c(Cl)cc1Cl.Cc1cc(-c2cc(OC(C)C)c(Cl)cc2Cl)nc(N)n1.Cc1nc(N)nc(-c2c(Cl)cc(Cl)c3c2CCO3)c1C.Nc1nc2c(c(-c3c(Cl)cc(Cl)c4c3CCO4)n1)CCC2. The molecule has 2 aliphatic carbocycles. The Morgan fingerprint density at radius 3 is 1.17 bits per heavy atom. The largest absolute Gasteiger partial charge is 0.495 e. The Balaban J connectivity index is 0.000000133. The fourth-order valence-corrected chi connectivity index (χ4v) is 17.8. The number of aryl methyl sites for hydroxylation is 5. The number of benzene rings is 6. The number of hydrogen-bond acceptors (Lipinski definition) is 24. The average Bonchev–Trinajstić information content (AvgIpc) is 1.67. The molecule has 6 aromatic heterocycles. The first-order valence-electron chi connectivity index (χ1n) is 37.9. The molecule has 0 saturated heterocycles. The summed E-state index contributed by atoms with van der Waals surface area (Å²) < 4.78 is 32.9. The van der Waals surface area contributed by atoms with E-state index in [2.05, 4.69) is 73.7 Å². The van der Waals surface area contributed by atoms with Gasteiger partial charge in [-0.05, 0) is 171 Å². The Morgan fingerprint density at radius 2 is 0.694 bits per heavy atom. The third-order valence-electron chi connectivity index (χ3n) is 20.0. The quantitative estimate of drug-likeness (QED) is 0.0700. The van der Waals surface area contributed by atoms with Gasteiger partial charge in [0.2, 0.25) is 35.7 Å². The highest BCUT2D eigenvalue weighted by molar-refractivity contribution is 6.41. The van der Waals surface area contributed by atoms with Crippen molar-refractivity contribution in [2.24, 2.45) is 0 Å². The molecular formula is C85H82Cl12N18O6. The van der Waals surface area contributed by atoms with Gasteiger partial charge < -0.3 is 62.8 Å². The van der Waals surface area contributed by atoms with Gasteiger partial charge >= 0.3 is 0 Å². The van der Waals surface area contributed by atoms with E-state index in [9.17, 15) is 0 Å². The Labute approximate surface area is 759 Å². The molecule has 121 heavy (non-hydrogen) atoms. The van der Waals surface area contributed by atoms with Crippen LogP contribution in [0.1, 0.15) is 120 Å². The van der Waals surface area contributed by atoms with Crippen molar-refractivity contribution in [2.75, 3.05) is 68.4 Å². The van der Waals surface area contributed by atoms with Crippen LogP contribution in [-0.4, -0.2) is 100.0 Å². The molecule has 36 heteroatoms. The third kappa shape index (κ3) is 20.6. The Morgan fingerprint density at radius 1 is 0.322 bits per heavy atom. The second-order valence-electron chi connectivity index (χ2n) is 28.9. The first-order valence-corrected chi connectivity index (χ1v) is 42.5. The van der Waals surface area contributed by atoms with Crippen molar-refractivity contribution in [1.82, 2.24) is 59.8 Å². The summed E-state index contributed by atoms with van der Waals surface area (Å²) >= 11 is 74.8. The normalized spacial score (nSPS) is 12.9. The van der Waals surface area contributed by atoms with E-state index < -0.39 is 0 Å². The van der Waals surface area contributed by atoms with E-state index in [1.165, 1.54) is 0 Å². The maximum Gasteiger partial charge on any atom is 0.220 e. The van der Waals surface area contributed by atoms with E-state index in [0.717, 1.165) is 187 Å². The van der Waals surface area contributed by atoms with Crippen LogP contribution in [0.15, 0.2) is 66.7 Å². The van der Waals surface area contributed by atoms with Crippen LogP contribution in [0.5, 0.6) is 34.5 Å². The van der Waals surface area contributed by atoms with Gasteiger partial charge in [-0.25, -0.2) is 59.8 Å². The molecule has 0 fully saturated rings. The van der Waals surface area contributed by atoms with E-state index in [1.54, 1.807) is 68.8 Å². The first kappa shape index (κ1) is 91.1. The minimum absolute atomic E-state index is 0.0127. The number of aromatic nitrogens is 12. The summed E-state index contributed by atoms with van der Waals surface area (Å²) in [5, 5.41) is 6.21. The van der Waals surface area contributed by atoms with Gasteiger partial charge in [-0.2, -0.15) is 0 Å². The summed E-state index contributed by atoms with van der Waals surface area (Å²) in [5.41, 5.74) is 56.4. The number of nitrogen functional groups attached to an aromatic ring is 6. The molecule has 12 aromatic rings. The van der Waals surface area contributed by atoms with Crippen molar-refractivity contribution in [3.05, 3.63) is 200 Å². The highest BCUT2D eigenvalue weighted by Crippen LogP contribution is 2.50. The molecule has 9 heterocycles. The Bertz CT molecular complexity index is 6010. The predicted octanol–water partition coefficient (Wildman–Crippen LogP) is 22.4. The van der Waals surface area contributed by atoms with Crippen LogP contribution >= 0.6 is 139 Å². The molecule has 0 radical (unpaired) electrons. The van der Waals surface area contributed by atoms with Gasteiger partial charge in [0.25, 0.3) is 0 Å². The van der Waals surface area contributed by atoms with Crippen molar-refractivity contribution >= 4 is 175 Å². The van der Waals surface area contributed by atoms with E-state index in [1.807, 2.05) is 60.6 Å². The average molecular weight is 1880 g/mol. The topological polar surface area (TPSA) is 366 Å². The van der Waals surface area contributed by atoms with Crippen LogP contribution in [0, 0.1) is 34.6 Å². The van der Waals surface area contributed by atoms with E-state index in [4.69, 9.17) is 202 Å². The Kier molecular flexibility index (Phi) is 29.5. The van der Waals surface area contributed by atoms with Crippen LogP contribution in [0.25, 0.3) is 67.5 Å². The fourth-order valence-electron chi connectivity index (χ4n) is 14.3. The van der Waals surface area contributed by atoms with Gasteiger partial charge in [-0.1, -0.05) is 153 Å². The summed E-state index contributed by atoms with van der Waals surface area (Å²) in [6.07, 6.45) is 8.21. The molecule has 0 unspecified atom stereocenters. The predicted molar refractivity (Wildman–Crippen MR) is 490 cm³/mol. The summed E-state index contributed by atoms with van der Waals surface area (Å²) in [6, 6.07) is 19.1. The molecule has 3 aliphatic heterocycles. The van der Waals surface area contributed by atoms with Gasteiger partial charge in [0, 0.05) is 115 Å². The molecule has 6 aromatic carbocycles. The molecular weight excluding hydrogens is 1790 g/mol. The molecule has 0 spiro atoms. The molecule has 0 saturated carbocycles. The number of nitrogens with zero attached hydrogens (tertiary/aromatic N) is 12. The molecule has 0 amide bonds. The maximum absolute atomic E-state index is 6.46. The van der Waals surface area contributed by atoms with Crippen molar-refractivity contribution in [1.29, 1.82) is 0 Å². The Hall–Kier alpha value is -9.12. The van der Waals surface area contributed by atoms with Crippen molar-refractivity contribution in [3.63, 3.8) is 0 Å². The highest BCUT2D eigenvalue weighted by Gasteiger charge is 2.32. The number of halogens is 12. The minimum Gasteiger partial charge on any atom is -0.495 e. The zero-order valence-electron chi connectivity index (χ0n) is 67.3. The summed E-state index contributed by atoms with van der Waals surface area (Å²) in [4.78, 5) is 51.2. The standard InChI is InChI=1S/C15H13Cl2N3O.C15H15Cl2N3O.2C14H13Cl2N3O.C14H15Cl2N3O.C13H13Cl2N3O/c16-9-6-10(17)14-8(4-5-21-14)12(9)13-7-2-1-3-11(7)19-15(18)20-13;1-7(2)11-6-12(20-15(18)19-11)13-8-3-4-21-14(8)10(17)5-9(13)16;1-6-7(2)18-14(17)19-12(6)11-8-3-4-20-13(8)10(16)5-9(11)15;1-20-12-5-8(9(15)6-10(12)16)13-7-3-2-4-11(7)18-14(17)19-13;1-7(2)20-13-5-9(10(15)6-11(13)16)12-4-8(3)18-14(17)19-12;1-6-7(2)17-13(16)18-12(6)8-4-11(19-3)10(15)5-9(8)14/h6H,1-5H2,(H2,18,19,20);5-7H,3-4H2,1-2H3,(H2,18,19,20);5H,3-4H2,1-2H3,(H2,17,18,19);5-6H,2-4H2,1H3,(H2,17,18,19);4-7H,1-3H3,(H2,17,18,19);4-5H,1-3H3,(H2,16,17,18). The van der Waals surface area contributed by atoms with Crippen molar-refractivity contribution in [3.8, 4) is 102 Å². The highest BCUT2D eigenvalue weighted by atomic mass is 35.5. The second kappa shape index (κ2) is 39.2. The molecule has 632 valence electrons. The van der Waals surface area contributed by atoms with Gasteiger partial charge in [0.05, 0.1) is 135 Å². The zero-order chi connectivity index (χ0) is 87.4. The number of hydrogen-bond donors (Lipinski definition) is 6. The summed E-state index contributed by atoms with van der Waals surface area (Å²) in [7, 11) is 3.11. The lowest BCUT2D eigenvalue weighted by Gasteiger charge is -2.14. The smallest absolute Gasteiger partial charge is 0.220 e. The van der Waals surface area contributed by atoms with Crippen LogP contribution in [0.4, 0.5) is 35.7 Å². The maximum atomic E-state index is 6.46. The lowest BCUT2D eigenvalue weighted by Crippen LogP contribution is -2.06. The zero-order valence-corrected chi connectivity index (χ0v) is 76.4. The fraction of sp³-hybridized carbons (Fsp3) is 0.294. The molecule has 24 nitrogen and oxygen atoms in total. The monoisotopic (exact) mass is 1870 g/mol. The summed E-state index contributed by atoms with van der Waals surface area (Å²) in [5.74, 6) is 5.50. The third-order valence-corrected chi connectivity index (χ3v) is 23.5. The number of methoxy groups -OCH3 is 2. The molecule has 0 bridgehead atoms. The molecule has 0 atom stereocenters. The number of nitrogens with two attached hydrogens (primary N) is 6. The van der Waals surface area contributed by atoms with Gasteiger partial charge in [0.1, 0.15) is 34.5 Å².